The molecule has 0 aliphatic heterocycles. The first-order valence-electron chi connectivity index (χ1n) is 5.58. The van der Waals surface area contributed by atoms with E-state index >= 15 is 0 Å². The molecule has 15 heavy (non-hydrogen) atoms. The molecule has 4 nitrogen and oxygen atoms in total. The molecular weight excluding hydrogens is 190 g/mol. The minimum atomic E-state index is 0.457. The van der Waals surface area contributed by atoms with E-state index in [4.69, 9.17) is 10.5 Å². The topological polar surface area (TPSA) is 53.1 Å². The van der Waals surface area contributed by atoms with E-state index in [2.05, 4.69) is 15.7 Å². The Balaban J connectivity index is 1.95. The molecule has 1 fully saturated rings. The summed E-state index contributed by atoms with van der Waals surface area (Å²) in [4.78, 5) is 4.26. The molecule has 0 bridgehead atoms. The Bertz CT molecular complexity index is 303. The summed E-state index contributed by atoms with van der Waals surface area (Å²) in [6.45, 7) is 0.528. The average Bonchev–Trinajstić information content (AvgIpc) is 2.78. The zero-order valence-electron chi connectivity index (χ0n) is 9.22. The van der Waals surface area contributed by atoms with E-state index in [9.17, 15) is 0 Å². The van der Waals surface area contributed by atoms with Gasteiger partial charge >= 0.3 is 0 Å². The fraction of sp³-hybridized carbons (Fsp3) is 0.727. The molecule has 1 aromatic heterocycles. The van der Waals surface area contributed by atoms with E-state index in [1.165, 1.54) is 12.8 Å². The molecule has 2 rings (SSSR count). The van der Waals surface area contributed by atoms with Crippen molar-refractivity contribution < 1.29 is 4.74 Å². The highest BCUT2D eigenvalue weighted by atomic mass is 16.5. The van der Waals surface area contributed by atoms with Crippen LogP contribution in [0.4, 0.5) is 0 Å². The zero-order valence-corrected chi connectivity index (χ0v) is 9.22. The summed E-state index contributed by atoms with van der Waals surface area (Å²) in [5, 5.41) is 0. The van der Waals surface area contributed by atoms with E-state index in [1.807, 2.05) is 6.33 Å². The van der Waals surface area contributed by atoms with E-state index in [1.54, 1.807) is 7.11 Å². The highest BCUT2D eigenvalue weighted by molar-refractivity contribution is 4.97. The smallest absolute Gasteiger partial charge is 0.0952 e. The molecule has 1 aromatic rings. The summed E-state index contributed by atoms with van der Waals surface area (Å²) in [5.74, 6) is 0. The second-order valence-electron chi connectivity index (χ2n) is 4.18. The summed E-state index contributed by atoms with van der Waals surface area (Å²) >= 11 is 0. The van der Waals surface area contributed by atoms with Gasteiger partial charge in [0.1, 0.15) is 0 Å². The second kappa shape index (κ2) is 4.77. The maximum Gasteiger partial charge on any atom is 0.0952 e. The average molecular weight is 209 g/mol. The Morgan fingerprint density at radius 3 is 2.73 bits per heavy atom. The molecule has 84 valence electrons. The van der Waals surface area contributed by atoms with Crippen molar-refractivity contribution >= 4 is 0 Å². The maximum atomic E-state index is 5.54. The number of hydrogen-bond acceptors (Lipinski definition) is 3. The highest BCUT2D eigenvalue weighted by Gasteiger charge is 2.21. The highest BCUT2D eigenvalue weighted by Crippen LogP contribution is 2.29. The lowest BCUT2D eigenvalue weighted by Gasteiger charge is -2.28. The lowest BCUT2D eigenvalue weighted by atomic mass is 9.93. The van der Waals surface area contributed by atoms with Gasteiger partial charge in [0, 0.05) is 25.9 Å². The van der Waals surface area contributed by atoms with Crippen molar-refractivity contribution in [3.05, 3.63) is 18.2 Å². The molecule has 0 saturated heterocycles. The van der Waals surface area contributed by atoms with Gasteiger partial charge in [0.15, 0.2) is 0 Å². The first-order chi connectivity index (χ1) is 7.33. The van der Waals surface area contributed by atoms with Crippen LogP contribution >= 0.6 is 0 Å². The van der Waals surface area contributed by atoms with Crippen LogP contribution in [-0.4, -0.2) is 22.8 Å². The largest absolute Gasteiger partial charge is 0.381 e. The van der Waals surface area contributed by atoms with Crippen molar-refractivity contribution in [2.24, 2.45) is 5.73 Å². The number of methoxy groups -OCH3 is 1. The van der Waals surface area contributed by atoms with Crippen molar-refractivity contribution in [3.63, 3.8) is 0 Å². The Hall–Kier alpha value is -0.870. The second-order valence-corrected chi connectivity index (χ2v) is 4.18. The van der Waals surface area contributed by atoms with Crippen LogP contribution in [0, 0.1) is 0 Å². The predicted octanol–water partition coefficient (Wildman–Crippen LogP) is 1.47. The normalized spacial score (nSPS) is 26.8. The van der Waals surface area contributed by atoms with Gasteiger partial charge in [-0.2, -0.15) is 0 Å². The molecule has 0 atom stereocenters. The first-order valence-corrected chi connectivity index (χ1v) is 5.58. The SMILES string of the molecule is COC1CCC(n2cnc(CN)c2)CC1. The van der Waals surface area contributed by atoms with Gasteiger partial charge in [0.2, 0.25) is 0 Å². The number of aromatic nitrogens is 2. The monoisotopic (exact) mass is 209 g/mol. The van der Waals surface area contributed by atoms with Gasteiger partial charge in [-0.1, -0.05) is 0 Å². The zero-order chi connectivity index (χ0) is 10.7. The summed E-state index contributed by atoms with van der Waals surface area (Å²) in [7, 11) is 1.80. The van der Waals surface area contributed by atoms with Crippen LogP contribution in [0.5, 0.6) is 0 Å². The molecule has 0 spiro atoms. The van der Waals surface area contributed by atoms with Crippen molar-refractivity contribution in [1.29, 1.82) is 0 Å². The van der Waals surface area contributed by atoms with Crippen LogP contribution in [0.3, 0.4) is 0 Å². The molecule has 0 amide bonds. The minimum absolute atomic E-state index is 0.457. The molecule has 1 heterocycles. The molecule has 0 aromatic carbocycles. The summed E-state index contributed by atoms with van der Waals surface area (Å²) in [6, 6.07) is 0.587. The maximum absolute atomic E-state index is 5.54. The van der Waals surface area contributed by atoms with Crippen molar-refractivity contribution in [3.8, 4) is 0 Å². The third-order valence-corrected chi connectivity index (χ3v) is 3.26. The Morgan fingerprint density at radius 2 is 2.20 bits per heavy atom. The van der Waals surface area contributed by atoms with Crippen LogP contribution in [-0.2, 0) is 11.3 Å². The van der Waals surface area contributed by atoms with E-state index in [0.29, 0.717) is 18.7 Å². The van der Waals surface area contributed by atoms with Gasteiger partial charge in [0.05, 0.1) is 18.1 Å². The van der Waals surface area contributed by atoms with Crippen molar-refractivity contribution in [2.45, 2.75) is 44.4 Å². The molecule has 0 radical (unpaired) electrons. The lowest BCUT2D eigenvalue weighted by Crippen LogP contribution is -2.22. The van der Waals surface area contributed by atoms with Gasteiger partial charge < -0.3 is 15.0 Å². The van der Waals surface area contributed by atoms with Gasteiger partial charge in [-0.05, 0) is 25.7 Å². The number of ether oxygens (including phenoxy) is 1. The molecule has 1 saturated carbocycles. The van der Waals surface area contributed by atoms with Crippen LogP contribution in [0.25, 0.3) is 0 Å². The third kappa shape index (κ3) is 2.38. The van der Waals surface area contributed by atoms with Gasteiger partial charge in [-0.25, -0.2) is 4.98 Å². The number of nitrogens with two attached hydrogens (primary N) is 1. The van der Waals surface area contributed by atoms with Crippen LogP contribution in [0.15, 0.2) is 12.5 Å². The minimum Gasteiger partial charge on any atom is -0.381 e. The third-order valence-electron chi connectivity index (χ3n) is 3.26. The fourth-order valence-corrected chi connectivity index (χ4v) is 2.26. The molecule has 2 N–H and O–H groups in total. The molecule has 4 heteroatoms. The lowest BCUT2D eigenvalue weighted by molar-refractivity contribution is 0.0584. The molecule has 0 unspecified atom stereocenters. The first kappa shape index (κ1) is 10.6. The van der Waals surface area contributed by atoms with Crippen molar-refractivity contribution in [1.82, 2.24) is 9.55 Å². The Morgan fingerprint density at radius 1 is 1.47 bits per heavy atom. The van der Waals surface area contributed by atoms with E-state index in [0.717, 1.165) is 18.5 Å². The van der Waals surface area contributed by atoms with Gasteiger partial charge in [-0.3, -0.25) is 0 Å². The Kier molecular flexibility index (Phi) is 3.38. The summed E-state index contributed by atoms with van der Waals surface area (Å²) < 4.78 is 7.56. The van der Waals surface area contributed by atoms with E-state index < -0.39 is 0 Å². The van der Waals surface area contributed by atoms with Gasteiger partial charge in [-0.15, -0.1) is 0 Å². The van der Waals surface area contributed by atoms with Crippen LogP contribution in [0.2, 0.25) is 0 Å². The summed E-state index contributed by atoms with van der Waals surface area (Å²) in [6.07, 6.45) is 9.09. The molecule has 1 aliphatic carbocycles. The van der Waals surface area contributed by atoms with Crippen LogP contribution < -0.4 is 5.73 Å². The molecular formula is C11H19N3O. The van der Waals surface area contributed by atoms with Crippen molar-refractivity contribution in [2.75, 3.05) is 7.11 Å². The molecule has 1 aliphatic rings. The number of rotatable bonds is 3. The predicted molar refractivity (Wildman–Crippen MR) is 58.4 cm³/mol. The van der Waals surface area contributed by atoms with Crippen LogP contribution in [0.1, 0.15) is 37.4 Å². The standard InChI is InChI=1S/C11H19N3O/c1-15-11-4-2-10(3-5-11)14-7-9(6-12)13-8-14/h7-8,10-11H,2-6,12H2,1H3. The van der Waals surface area contributed by atoms with E-state index in [-0.39, 0.29) is 0 Å². The summed E-state index contributed by atoms with van der Waals surface area (Å²) in [5.41, 5.74) is 6.52. The number of nitrogens with zero attached hydrogens (tertiary/aromatic N) is 2. The quantitative estimate of drug-likeness (QED) is 0.820. The van der Waals surface area contributed by atoms with Gasteiger partial charge in [0.25, 0.3) is 0 Å². The number of imidazole rings is 1. The number of hydrogen-bond donors (Lipinski definition) is 1. The fourth-order valence-electron chi connectivity index (χ4n) is 2.26. The Labute approximate surface area is 90.4 Å².